The van der Waals surface area contributed by atoms with Crippen LogP contribution in [0.25, 0.3) is 0 Å². The number of carboxylic acids is 1. The van der Waals surface area contributed by atoms with Gasteiger partial charge in [-0.3, -0.25) is 18.7 Å². The van der Waals surface area contributed by atoms with Crippen LogP contribution >= 0.6 is 11.6 Å². The predicted octanol–water partition coefficient (Wildman–Crippen LogP) is -1.26. The Kier molecular flexibility index (Phi) is 4.65. The van der Waals surface area contributed by atoms with Crippen molar-refractivity contribution >= 4 is 40.2 Å². The monoisotopic (exact) mass is 378 g/mol. The smallest absolute Gasteiger partial charge is 0.352 e. The maximum atomic E-state index is 12.5. The maximum Gasteiger partial charge on any atom is 0.352 e. The van der Waals surface area contributed by atoms with E-state index < -0.39 is 46.3 Å². The first-order valence-electron chi connectivity index (χ1n) is 7.14. The van der Waals surface area contributed by atoms with Gasteiger partial charge >= 0.3 is 5.97 Å². The summed E-state index contributed by atoms with van der Waals surface area (Å²) in [6.45, 7) is 2.04. The molecule has 3 aliphatic heterocycles. The van der Waals surface area contributed by atoms with E-state index in [1.54, 1.807) is 6.92 Å². The van der Waals surface area contributed by atoms with E-state index in [9.17, 15) is 23.7 Å². The van der Waals surface area contributed by atoms with E-state index in [0.29, 0.717) is 0 Å². The Balaban J connectivity index is 1.92. The number of fused-ring (bicyclic) bond motifs is 1. The van der Waals surface area contributed by atoms with Gasteiger partial charge in [0.1, 0.15) is 23.0 Å². The number of aliphatic carboxylic acids is 1. The van der Waals surface area contributed by atoms with Gasteiger partial charge in [0, 0.05) is 5.57 Å². The molecule has 11 heteroatoms. The summed E-state index contributed by atoms with van der Waals surface area (Å²) in [6, 6.07) is -1.04. The van der Waals surface area contributed by atoms with Crippen LogP contribution in [-0.2, 0) is 34.7 Å². The number of carbonyl (C=O) groups is 3. The predicted molar refractivity (Wildman–Crippen MR) is 81.2 cm³/mol. The molecule has 3 aliphatic rings. The van der Waals surface area contributed by atoms with Crippen molar-refractivity contribution in [2.75, 3.05) is 18.2 Å². The highest BCUT2D eigenvalue weighted by Crippen LogP contribution is 2.37. The van der Waals surface area contributed by atoms with Gasteiger partial charge < -0.3 is 19.9 Å². The van der Waals surface area contributed by atoms with Crippen molar-refractivity contribution in [2.24, 2.45) is 0 Å². The molecule has 0 aliphatic carbocycles. The molecule has 3 rings (SSSR count). The maximum absolute atomic E-state index is 12.5. The van der Waals surface area contributed by atoms with E-state index >= 15 is 0 Å². The molecule has 3 heterocycles. The fraction of sp³-hybridized carbons (Fsp3) is 0.615. The molecule has 0 spiro atoms. The highest BCUT2D eigenvalue weighted by Gasteiger charge is 2.58. The lowest BCUT2D eigenvalue weighted by Gasteiger charge is -2.49. The lowest BCUT2D eigenvalue weighted by molar-refractivity contribution is -0.151. The highest BCUT2D eigenvalue weighted by atomic mass is 35.5. The van der Waals surface area contributed by atoms with Gasteiger partial charge in [-0.1, -0.05) is 0 Å². The second-order valence-corrected chi connectivity index (χ2v) is 7.39. The van der Waals surface area contributed by atoms with Crippen LogP contribution in [0.15, 0.2) is 11.3 Å². The van der Waals surface area contributed by atoms with E-state index in [1.165, 1.54) is 0 Å². The number of hydrogen-bond donors (Lipinski definition) is 2. The van der Waals surface area contributed by atoms with Crippen LogP contribution in [0.2, 0.25) is 0 Å². The van der Waals surface area contributed by atoms with Crippen molar-refractivity contribution in [3.05, 3.63) is 11.3 Å². The largest absolute Gasteiger partial charge is 0.477 e. The van der Waals surface area contributed by atoms with Crippen LogP contribution in [-0.4, -0.2) is 74.0 Å². The van der Waals surface area contributed by atoms with Gasteiger partial charge in [-0.25, -0.2) is 4.79 Å². The molecule has 132 valence electrons. The van der Waals surface area contributed by atoms with Gasteiger partial charge in [-0.15, -0.1) is 11.6 Å². The topological polar surface area (TPSA) is 122 Å². The fourth-order valence-electron chi connectivity index (χ4n) is 2.89. The summed E-state index contributed by atoms with van der Waals surface area (Å²) in [5.74, 6) is -3.03. The molecule has 0 radical (unpaired) electrons. The SMILES string of the molecule is CC1COC(C2=C(C(=O)O)N3C(=O)C(NC(=O)CCl)[C@H]3S(=O)C2)O1. The number of hydrogen-bond acceptors (Lipinski definition) is 6. The summed E-state index contributed by atoms with van der Waals surface area (Å²) in [7, 11) is -1.61. The van der Waals surface area contributed by atoms with Gasteiger partial charge in [0.15, 0.2) is 6.29 Å². The average molecular weight is 379 g/mol. The lowest BCUT2D eigenvalue weighted by Crippen LogP contribution is -2.74. The van der Waals surface area contributed by atoms with Crippen LogP contribution in [0.3, 0.4) is 0 Å². The Morgan fingerprint density at radius 2 is 2.21 bits per heavy atom. The van der Waals surface area contributed by atoms with Gasteiger partial charge in [0.2, 0.25) is 5.91 Å². The molecule has 2 fully saturated rings. The van der Waals surface area contributed by atoms with E-state index in [1.807, 2.05) is 0 Å². The molecule has 0 aromatic carbocycles. The summed E-state index contributed by atoms with van der Waals surface area (Å²) >= 11 is 5.39. The molecule has 2 amide bonds. The first-order chi connectivity index (χ1) is 11.3. The molecule has 2 N–H and O–H groups in total. The number of carbonyl (C=O) groups excluding carboxylic acids is 2. The average Bonchev–Trinajstić information content (AvgIpc) is 2.97. The Morgan fingerprint density at radius 3 is 2.75 bits per heavy atom. The summed E-state index contributed by atoms with van der Waals surface area (Å²) in [5, 5.41) is 10.9. The van der Waals surface area contributed by atoms with Crippen LogP contribution in [0.4, 0.5) is 0 Å². The van der Waals surface area contributed by atoms with Crippen LogP contribution in [0.1, 0.15) is 6.92 Å². The van der Waals surface area contributed by atoms with E-state index in [4.69, 9.17) is 21.1 Å². The van der Waals surface area contributed by atoms with Gasteiger partial charge in [0.05, 0.1) is 29.3 Å². The minimum atomic E-state index is -1.61. The molecule has 0 aromatic heterocycles. The molecule has 4 unspecified atom stereocenters. The zero-order chi connectivity index (χ0) is 17.6. The number of rotatable bonds is 4. The standard InChI is InChI=1S/C13H15ClN2O7S/c1-5-3-22-13(23-5)6-4-24(21)11-8(15-7(17)2-14)10(18)16(11)9(6)12(19)20/h5,8,11,13H,2-4H2,1H3,(H,15,17)(H,19,20)/t5?,8?,11-,13?,24?/m1/s1. The minimum absolute atomic E-state index is 0.110. The Labute approximate surface area is 144 Å². The number of β-lactam (4-membered cyclic amide) rings is 1. The van der Waals surface area contributed by atoms with Crippen molar-refractivity contribution in [3.63, 3.8) is 0 Å². The first kappa shape index (κ1) is 17.3. The third kappa shape index (κ3) is 2.73. The van der Waals surface area contributed by atoms with Crippen molar-refractivity contribution in [2.45, 2.75) is 30.7 Å². The summed E-state index contributed by atoms with van der Waals surface area (Å²) in [6.07, 6.45) is -1.17. The Morgan fingerprint density at radius 1 is 1.50 bits per heavy atom. The molecule has 0 aromatic rings. The minimum Gasteiger partial charge on any atom is -0.477 e. The van der Waals surface area contributed by atoms with Crippen LogP contribution in [0, 0.1) is 0 Å². The first-order valence-corrected chi connectivity index (χ1v) is 9.05. The third-order valence-corrected chi connectivity index (χ3v) is 5.78. The molecule has 9 nitrogen and oxygen atoms in total. The van der Waals surface area contributed by atoms with Crippen molar-refractivity contribution < 1.29 is 33.2 Å². The van der Waals surface area contributed by atoms with E-state index in [0.717, 1.165) is 4.90 Å². The molecule has 24 heavy (non-hydrogen) atoms. The van der Waals surface area contributed by atoms with Crippen molar-refractivity contribution in [3.8, 4) is 0 Å². The second-order valence-electron chi connectivity index (χ2n) is 5.59. The quantitative estimate of drug-likeness (QED) is 0.462. The number of alkyl halides is 1. The molecular formula is C13H15ClN2O7S. The zero-order valence-corrected chi connectivity index (χ0v) is 14.1. The Bertz CT molecular complexity index is 667. The van der Waals surface area contributed by atoms with Crippen LogP contribution in [0.5, 0.6) is 0 Å². The number of amides is 2. The molecular weight excluding hydrogens is 364 g/mol. The Hall–Kier alpha value is -1.49. The molecule has 2 saturated heterocycles. The van der Waals surface area contributed by atoms with Gasteiger partial charge in [-0.05, 0) is 6.92 Å². The second kappa shape index (κ2) is 6.43. The lowest BCUT2D eigenvalue weighted by atomic mass is 10.0. The van der Waals surface area contributed by atoms with E-state index in [-0.39, 0.29) is 35.6 Å². The van der Waals surface area contributed by atoms with E-state index in [2.05, 4.69) is 5.32 Å². The number of carboxylic acid groups (broad SMARTS) is 1. The zero-order valence-electron chi connectivity index (χ0n) is 12.6. The third-order valence-electron chi connectivity index (χ3n) is 3.92. The molecule has 0 bridgehead atoms. The highest BCUT2D eigenvalue weighted by molar-refractivity contribution is 7.86. The summed E-state index contributed by atoms with van der Waals surface area (Å²) in [5.41, 5.74) is -0.128. The summed E-state index contributed by atoms with van der Waals surface area (Å²) in [4.78, 5) is 36.3. The van der Waals surface area contributed by atoms with Crippen LogP contribution < -0.4 is 5.32 Å². The normalized spacial score (nSPS) is 35.5. The number of ether oxygens (including phenoxy) is 2. The summed E-state index contributed by atoms with van der Waals surface area (Å²) < 4.78 is 23.4. The number of nitrogens with one attached hydrogen (secondary N) is 1. The van der Waals surface area contributed by atoms with Crippen molar-refractivity contribution in [1.82, 2.24) is 10.2 Å². The molecule has 5 atom stereocenters. The fourth-order valence-corrected chi connectivity index (χ4v) is 4.65. The van der Waals surface area contributed by atoms with Gasteiger partial charge in [0.25, 0.3) is 5.91 Å². The van der Waals surface area contributed by atoms with Crippen molar-refractivity contribution in [1.29, 1.82) is 0 Å². The van der Waals surface area contributed by atoms with Gasteiger partial charge in [-0.2, -0.15) is 0 Å². The number of nitrogens with zero attached hydrogens (tertiary/aromatic N) is 1. The number of halogens is 1. The molecule has 0 saturated carbocycles.